The van der Waals surface area contributed by atoms with Crippen LogP contribution in [0.4, 0.5) is 5.69 Å². The normalized spacial score (nSPS) is 13.6. The van der Waals surface area contributed by atoms with E-state index in [0.29, 0.717) is 6.54 Å². The highest BCUT2D eigenvalue weighted by atomic mass is 127. The number of guanidine groups is 1. The van der Waals surface area contributed by atoms with Gasteiger partial charge in [0.25, 0.3) is 0 Å². The first-order chi connectivity index (χ1) is 13.1. The molecule has 0 saturated heterocycles. The number of rotatable bonds is 6. The molecule has 0 atom stereocenters. The Balaban J connectivity index is 0.00000280. The van der Waals surface area contributed by atoms with Gasteiger partial charge in [-0.2, -0.15) is 5.10 Å². The summed E-state index contributed by atoms with van der Waals surface area (Å²) in [5.74, 6) is 0.827. The molecule has 152 valence electrons. The monoisotopic (exact) mass is 494 g/mol. The van der Waals surface area contributed by atoms with Gasteiger partial charge in [0.1, 0.15) is 0 Å². The van der Waals surface area contributed by atoms with Crippen molar-refractivity contribution >= 4 is 35.6 Å². The van der Waals surface area contributed by atoms with Crippen LogP contribution in [0.15, 0.2) is 41.4 Å². The minimum absolute atomic E-state index is 0. The second-order valence-corrected chi connectivity index (χ2v) is 6.86. The van der Waals surface area contributed by atoms with Gasteiger partial charge < -0.3 is 15.5 Å². The molecule has 3 rings (SSSR count). The van der Waals surface area contributed by atoms with Crippen molar-refractivity contribution in [3.05, 3.63) is 58.9 Å². The van der Waals surface area contributed by atoms with E-state index in [4.69, 9.17) is 4.99 Å². The molecule has 28 heavy (non-hydrogen) atoms. The molecule has 0 spiro atoms. The quantitative estimate of drug-likeness (QED) is 0.280. The third kappa shape index (κ3) is 5.50. The number of benzene rings is 1. The van der Waals surface area contributed by atoms with E-state index in [9.17, 15) is 0 Å². The molecule has 0 amide bonds. The first kappa shape index (κ1) is 22.3. The van der Waals surface area contributed by atoms with Crippen molar-refractivity contribution < 1.29 is 0 Å². The zero-order chi connectivity index (χ0) is 19.2. The van der Waals surface area contributed by atoms with Crippen molar-refractivity contribution in [2.75, 3.05) is 24.5 Å². The summed E-state index contributed by atoms with van der Waals surface area (Å²) in [6.45, 7) is 10.4. The Bertz CT molecular complexity index is 814. The van der Waals surface area contributed by atoms with Crippen LogP contribution in [0, 0.1) is 13.8 Å². The van der Waals surface area contributed by atoms with Gasteiger partial charge in [0.15, 0.2) is 5.96 Å². The number of halogens is 1. The fourth-order valence-electron chi connectivity index (χ4n) is 3.26. The maximum absolute atomic E-state index is 4.73. The summed E-state index contributed by atoms with van der Waals surface area (Å²) in [7, 11) is 1.98. The second kappa shape index (κ2) is 10.5. The highest BCUT2D eigenvalue weighted by molar-refractivity contribution is 14.0. The van der Waals surface area contributed by atoms with Crippen LogP contribution >= 0.6 is 24.0 Å². The van der Waals surface area contributed by atoms with Gasteiger partial charge in [-0.25, -0.2) is 4.99 Å². The molecule has 7 heteroatoms. The SMILES string of the molecule is CCNC(=NCc1ccc(N2CC=CC2)cc1)NCc1c(C)nn(C)c1C.I. The Morgan fingerprint density at radius 3 is 2.36 bits per heavy atom. The van der Waals surface area contributed by atoms with Gasteiger partial charge in [0.2, 0.25) is 0 Å². The maximum Gasteiger partial charge on any atom is 0.191 e. The molecule has 0 fully saturated rings. The van der Waals surface area contributed by atoms with E-state index in [1.165, 1.54) is 22.5 Å². The first-order valence-electron chi connectivity index (χ1n) is 9.58. The van der Waals surface area contributed by atoms with E-state index < -0.39 is 0 Å². The fraction of sp³-hybridized carbons (Fsp3) is 0.429. The van der Waals surface area contributed by atoms with Crippen molar-refractivity contribution in [1.29, 1.82) is 0 Å². The van der Waals surface area contributed by atoms with Gasteiger partial charge >= 0.3 is 0 Å². The Hall–Kier alpha value is -2.03. The second-order valence-electron chi connectivity index (χ2n) is 6.86. The summed E-state index contributed by atoms with van der Waals surface area (Å²) >= 11 is 0. The first-order valence-corrected chi connectivity index (χ1v) is 9.58. The predicted molar refractivity (Wildman–Crippen MR) is 128 cm³/mol. The van der Waals surface area contributed by atoms with E-state index in [1.54, 1.807) is 0 Å². The molecule has 0 aliphatic carbocycles. The van der Waals surface area contributed by atoms with Crippen LogP contribution in [0.5, 0.6) is 0 Å². The third-order valence-corrected chi connectivity index (χ3v) is 4.98. The molecule has 2 heterocycles. The van der Waals surface area contributed by atoms with Crippen molar-refractivity contribution in [2.24, 2.45) is 12.0 Å². The molecule has 1 aliphatic heterocycles. The molecule has 0 radical (unpaired) electrons. The smallest absolute Gasteiger partial charge is 0.191 e. The van der Waals surface area contributed by atoms with Gasteiger partial charge in [-0.1, -0.05) is 24.3 Å². The fourth-order valence-corrected chi connectivity index (χ4v) is 3.26. The van der Waals surface area contributed by atoms with E-state index in [-0.39, 0.29) is 24.0 Å². The molecule has 2 N–H and O–H groups in total. The number of aromatic nitrogens is 2. The molecule has 1 aliphatic rings. The molecular weight excluding hydrogens is 463 g/mol. The lowest BCUT2D eigenvalue weighted by atomic mass is 10.2. The summed E-state index contributed by atoms with van der Waals surface area (Å²) in [6.07, 6.45) is 4.41. The molecule has 1 aromatic heterocycles. The minimum atomic E-state index is 0. The lowest BCUT2D eigenvalue weighted by molar-refractivity contribution is 0.728. The molecule has 0 saturated carbocycles. The number of hydrogen-bond donors (Lipinski definition) is 2. The number of anilines is 1. The Morgan fingerprint density at radius 1 is 1.11 bits per heavy atom. The number of aliphatic imine (C=N–C) groups is 1. The van der Waals surface area contributed by atoms with Crippen molar-refractivity contribution in [3.8, 4) is 0 Å². The average molecular weight is 494 g/mol. The lowest BCUT2D eigenvalue weighted by Gasteiger charge is -2.17. The Labute approximate surface area is 185 Å². The van der Waals surface area contributed by atoms with Crippen molar-refractivity contribution in [1.82, 2.24) is 20.4 Å². The predicted octanol–water partition coefficient (Wildman–Crippen LogP) is 3.29. The number of hydrogen-bond acceptors (Lipinski definition) is 3. The van der Waals surface area contributed by atoms with Crippen LogP contribution < -0.4 is 15.5 Å². The standard InChI is InChI=1S/C21H30N6.HI/c1-5-22-21(24-15-20-16(2)25-26(4)17(20)3)23-14-18-8-10-19(11-9-18)27-12-6-7-13-27;/h6-11H,5,12-15H2,1-4H3,(H2,22,23,24);1H. The van der Waals surface area contributed by atoms with Crippen LogP contribution in [0.3, 0.4) is 0 Å². The van der Waals surface area contributed by atoms with Crippen LogP contribution in [-0.4, -0.2) is 35.4 Å². The molecule has 0 bridgehead atoms. The van der Waals surface area contributed by atoms with Crippen LogP contribution in [0.1, 0.15) is 29.4 Å². The van der Waals surface area contributed by atoms with Gasteiger partial charge in [-0.15, -0.1) is 24.0 Å². The summed E-state index contributed by atoms with van der Waals surface area (Å²) < 4.78 is 1.92. The maximum atomic E-state index is 4.73. The summed E-state index contributed by atoms with van der Waals surface area (Å²) in [4.78, 5) is 7.08. The highest BCUT2D eigenvalue weighted by Gasteiger charge is 2.10. The Kier molecular flexibility index (Phi) is 8.35. The largest absolute Gasteiger partial charge is 0.364 e. The number of nitrogens with zero attached hydrogens (tertiary/aromatic N) is 4. The van der Waals surface area contributed by atoms with Crippen LogP contribution in [0.25, 0.3) is 0 Å². The van der Waals surface area contributed by atoms with E-state index in [1.807, 2.05) is 18.7 Å². The van der Waals surface area contributed by atoms with Gasteiger partial charge in [-0.3, -0.25) is 4.68 Å². The van der Waals surface area contributed by atoms with Crippen LogP contribution in [-0.2, 0) is 20.1 Å². The average Bonchev–Trinajstić information content (AvgIpc) is 3.28. The summed E-state index contributed by atoms with van der Waals surface area (Å²) in [5, 5.41) is 11.2. The van der Waals surface area contributed by atoms with E-state index in [0.717, 1.165) is 37.8 Å². The van der Waals surface area contributed by atoms with Crippen LogP contribution in [0.2, 0.25) is 0 Å². The highest BCUT2D eigenvalue weighted by Crippen LogP contribution is 2.18. The minimum Gasteiger partial charge on any atom is -0.364 e. The van der Waals surface area contributed by atoms with Gasteiger partial charge in [0.05, 0.1) is 12.2 Å². The van der Waals surface area contributed by atoms with Gasteiger partial charge in [-0.05, 0) is 38.5 Å². The topological polar surface area (TPSA) is 57.5 Å². The lowest BCUT2D eigenvalue weighted by Crippen LogP contribution is -2.37. The zero-order valence-electron chi connectivity index (χ0n) is 17.2. The Morgan fingerprint density at radius 2 is 1.79 bits per heavy atom. The molecule has 0 unspecified atom stereocenters. The number of aryl methyl sites for hydroxylation is 2. The van der Waals surface area contributed by atoms with E-state index in [2.05, 4.69) is 70.9 Å². The third-order valence-electron chi connectivity index (χ3n) is 4.98. The van der Waals surface area contributed by atoms with Crippen molar-refractivity contribution in [3.63, 3.8) is 0 Å². The summed E-state index contributed by atoms with van der Waals surface area (Å²) in [6, 6.07) is 8.69. The zero-order valence-corrected chi connectivity index (χ0v) is 19.5. The van der Waals surface area contributed by atoms with E-state index >= 15 is 0 Å². The summed E-state index contributed by atoms with van der Waals surface area (Å²) in [5.41, 5.74) is 5.94. The van der Waals surface area contributed by atoms with Crippen molar-refractivity contribution in [2.45, 2.75) is 33.9 Å². The molecular formula is C21H31IN6. The van der Waals surface area contributed by atoms with Gasteiger partial charge in [0, 0.05) is 50.2 Å². The molecule has 6 nitrogen and oxygen atoms in total. The number of nitrogens with one attached hydrogen (secondary N) is 2. The molecule has 1 aromatic carbocycles. The molecule has 2 aromatic rings.